The van der Waals surface area contributed by atoms with E-state index in [2.05, 4.69) is 24.3 Å². The van der Waals surface area contributed by atoms with Crippen LogP contribution >= 0.6 is 0 Å². The predicted molar refractivity (Wildman–Crippen MR) is 92.8 cm³/mol. The van der Waals surface area contributed by atoms with Crippen LogP contribution in [0.2, 0.25) is 0 Å². The molecule has 0 saturated heterocycles. The van der Waals surface area contributed by atoms with Gasteiger partial charge in [0, 0.05) is 5.70 Å². The van der Waals surface area contributed by atoms with Crippen LogP contribution in [0.4, 0.5) is 4.79 Å². The summed E-state index contributed by atoms with van der Waals surface area (Å²) < 4.78 is 5.66. The van der Waals surface area contributed by atoms with Crippen LogP contribution in [0.3, 0.4) is 0 Å². The van der Waals surface area contributed by atoms with E-state index in [-0.39, 0.29) is 6.09 Å². The molecule has 0 unspecified atom stereocenters. The molecule has 1 fully saturated rings. The van der Waals surface area contributed by atoms with Gasteiger partial charge in [0.15, 0.2) is 0 Å². The van der Waals surface area contributed by atoms with Gasteiger partial charge in [-0.05, 0) is 56.7 Å². The maximum atomic E-state index is 12.7. The summed E-state index contributed by atoms with van der Waals surface area (Å²) in [6.45, 7) is 6.39. The number of hydrogen-bond acceptors (Lipinski definition) is 2. The third kappa shape index (κ3) is 3.77. The van der Waals surface area contributed by atoms with Gasteiger partial charge in [0.1, 0.15) is 5.60 Å². The Morgan fingerprint density at radius 3 is 2.52 bits per heavy atom. The number of amides is 1. The van der Waals surface area contributed by atoms with Crippen molar-refractivity contribution in [1.82, 2.24) is 4.90 Å². The summed E-state index contributed by atoms with van der Waals surface area (Å²) in [5.41, 5.74) is 3.12. The second-order valence-corrected chi connectivity index (χ2v) is 7.67. The van der Waals surface area contributed by atoms with Crippen molar-refractivity contribution in [2.24, 2.45) is 5.92 Å². The Kier molecular flexibility index (Phi) is 4.47. The molecule has 3 heteroatoms. The van der Waals surface area contributed by atoms with Crippen LogP contribution in [0.25, 0.3) is 6.08 Å². The van der Waals surface area contributed by atoms with Crippen molar-refractivity contribution in [1.29, 1.82) is 0 Å². The van der Waals surface area contributed by atoms with Crippen molar-refractivity contribution in [3.8, 4) is 0 Å². The Labute approximate surface area is 139 Å². The SMILES string of the molecule is CC(C)(C)OC(=O)N1Cc2ccccc2C=C1C1CCCCC1. The van der Waals surface area contributed by atoms with E-state index >= 15 is 0 Å². The number of hydrogen-bond donors (Lipinski definition) is 0. The molecule has 3 rings (SSSR count). The molecule has 0 atom stereocenters. The van der Waals surface area contributed by atoms with E-state index in [1.807, 2.05) is 31.7 Å². The van der Waals surface area contributed by atoms with E-state index in [1.165, 1.54) is 43.2 Å². The Morgan fingerprint density at radius 1 is 1.13 bits per heavy atom. The van der Waals surface area contributed by atoms with E-state index in [9.17, 15) is 4.79 Å². The number of ether oxygens (including phenoxy) is 1. The van der Waals surface area contributed by atoms with E-state index in [4.69, 9.17) is 4.74 Å². The van der Waals surface area contributed by atoms with Crippen molar-refractivity contribution >= 4 is 12.2 Å². The lowest BCUT2D eigenvalue weighted by atomic mass is 9.84. The van der Waals surface area contributed by atoms with Crippen LogP contribution in [-0.4, -0.2) is 16.6 Å². The number of benzene rings is 1. The van der Waals surface area contributed by atoms with Gasteiger partial charge in [-0.3, -0.25) is 4.90 Å². The Balaban J connectivity index is 1.91. The van der Waals surface area contributed by atoms with Crippen LogP contribution in [-0.2, 0) is 11.3 Å². The molecule has 1 amide bonds. The molecule has 1 aliphatic heterocycles. The first kappa shape index (κ1) is 16.1. The molecule has 2 aliphatic rings. The van der Waals surface area contributed by atoms with E-state index < -0.39 is 5.60 Å². The lowest BCUT2D eigenvalue weighted by Gasteiger charge is -2.37. The molecule has 1 aromatic rings. The second kappa shape index (κ2) is 6.38. The van der Waals surface area contributed by atoms with Crippen LogP contribution in [0.1, 0.15) is 64.0 Å². The topological polar surface area (TPSA) is 29.5 Å². The minimum atomic E-state index is -0.467. The van der Waals surface area contributed by atoms with Gasteiger partial charge in [0.2, 0.25) is 0 Å². The normalized spacial score (nSPS) is 19.1. The van der Waals surface area contributed by atoms with Crippen molar-refractivity contribution in [2.45, 2.75) is 65.0 Å². The highest BCUT2D eigenvalue weighted by atomic mass is 16.6. The summed E-state index contributed by atoms with van der Waals surface area (Å²) in [6.07, 6.45) is 8.16. The maximum Gasteiger partial charge on any atom is 0.414 e. The average Bonchev–Trinajstić information content (AvgIpc) is 2.53. The van der Waals surface area contributed by atoms with Gasteiger partial charge >= 0.3 is 6.09 Å². The van der Waals surface area contributed by atoms with Gasteiger partial charge in [-0.15, -0.1) is 0 Å². The molecule has 1 aliphatic carbocycles. The molecule has 124 valence electrons. The van der Waals surface area contributed by atoms with Crippen molar-refractivity contribution in [3.63, 3.8) is 0 Å². The third-order valence-electron chi connectivity index (χ3n) is 4.64. The maximum absolute atomic E-state index is 12.7. The summed E-state index contributed by atoms with van der Waals surface area (Å²) in [5, 5.41) is 0. The lowest BCUT2D eigenvalue weighted by molar-refractivity contribution is 0.0273. The first-order valence-corrected chi connectivity index (χ1v) is 8.74. The standard InChI is InChI=1S/C20H27NO2/c1-20(2,3)23-19(22)21-14-17-12-8-7-11-16(17)13-18(21)15-9-5-4-6-10-15/h7-8,11-13,15H,4-6,9-10,14H2,1-3H3. The van der Waals surface area contributed by atoms with Crippen LogP contribution in [0, 0.1) is 5.92 Å². The van der Waals surface area contributed by atoms with Gasteiger partial charge in [-0.25, -0.2) is 4.79 Å². The number of carbonyl (C=O) groups excluding carboxylic acids is 1. The lowest BCUT2D eigenvalue weighted by Crippen LogP contribution is -2.39. The molecular formula is C20H27NO2. The smallest absolute Gasteiger partial charge is 0.414 e. The number of fused-ring (bicyclic) bond motifs is 1. The van der Waals surface area contributed by atoms with Crippen LogP contribution < -0.4 is 0 Å². The summed E-state index contributed by atoms with van der Waals surface area (Å²) in [6, 6.07) is 8.34. The fourth-order valence-electron chi connectivity index (χ4n) is 3.54. The Hall–Kier alpha value is -1.77. The van der Waals surface area contributed by atoms with Gasteiger partial charge in [0.05, 0.1) is 6.54 Å². The Bertz CT molecular complexity index is 606. The highest BCUT2D eigenvalue weighted by molar-refractivity contribution is 5.75. The highest BCUT2D eigenvalue weighted by Crippen LogP contribution is 2.37. The highest BCUT2D eigenvalue weighted by Gasteiger charge is 2.32. The zero-order valence-corrected chi connectivity index (χ0v) is 14.5. The van der Waals surface area contributed by atoms with Crippen LogP contribution in [0.5, 0.6) is 0 Å². The summed E-state index contributed by atoms with van der Waals surface area (Å²) >= 11 is 0. The predicted octanol–water partition coefficient (Wildman–Crippen LogP) is 5.36. The summed E-state index contributed by atoms with van der Waals surface area (Å²) in [5.74, 6) is 0.477. The quantitative estimate of drug-likeness (QED) is 0.698. The zero-order valence-electron chi connectivity index (χ0n) is 14.5. The fourth-order valence-corrected chi connectivity index (χ4v) is 3.54. The molecule has 3 nitrogen and oxygen atoms in total. The summed E-state index contributed by atoms with van der Waals surface area (Å²) in [7, 11) is 0. The Morgan fingerprint density at radius 2 is 1.83 bits per heavy atom. The molecular weight excluding hydrogens is 286 g/mol. The zero-order chi connectivity index (χ0) is 16.4. The molecule has 0 spiro atoms. The van der Waals surface area contributed by atoms with Crippen molar-refractivity contribution in [2.75, 3.05) is 0 Å². The monoisotopic (exact) mass is 313 g/mol. The minimum absolute atomic E-state index is 0.219. The molecule has 1 heterocycles. The van der Waals surface area contributed by atoms with Crippen LogP contribution in [0.15, 0.2) is 30.0 Å². The van der Waals surface area contributed by atoms with Crippen molar-refractivity contribution < 1.29 is 9.53 Å². The molecule has 1 saturated carbocycles. The van der Waals surface area contributed by atoms with E-state index in [0.717, 1.165) is 5.70 Å². The first-order valence-electron chi connectivity index (χ1n) is 8.74. The number of nitrogens with zero attached hydrogens (tertiary/aromatic N) is 1. The molecule has 1 aromatic carbocycles. The number of rotatable bonds is 1. The molecule has 0 bridgehead atoms. The molecule has 23 heavy (non-hydrogen) atoms. The van der Waals surface area contributed by atoms with Gasteiger partial charge in [0.25, 0.3) is 0 Å². The summed E-state index contributed by atoms with van der Waals surface area (Å²) in [4.78, 5) is 14.6. The first-order chi connectivity index (χ1) is 10.9. The largest absolute Gasteiger partial charge is 0.443 e. The van der Waals surface area contributed by atoms with Gasteiger partial charge in [-0.2, -0.15) is 0 Å². The van der Waals surface area contributed by atoms with E-state index in [0.29, 0.717) is 12.5 Å². The molecule has 0 aromatic heterocycles. The fraction of sp³-hybridized carbons (Fsp3) is 0.550. The molecule has 0 radical (unpaired) electrons. The average molecular weight is 313 g/mol. The van der Waals surface area contributed by atoms with Crippen molar-refractivity contribution in [3.05, 3.63) is 41.1 Å². The third-order valence-corrected chi connectivity index (χ3v) is 4.64. The van der Waals surface area contributed by atoms with Gasteiger partial charge in [-0.1, -0.05) is 43.5 Å². The van der Waals surface area contributed by atoms with Gasteiger partial charge < -0.3 is 4.74 Å². The second-order valence-electron chi connectivity index (χ2n) is 7.67. The number of carbonyl (C=O) groups is 1. The number of allylic oxidation sites excluding steroid dienone is 1. The van der Waals surface area contributed by atoms with E-state index in [1.54, 1.807) is 0 Å². The molecule has 0 N–H and O–H groups in total. The minimum Gasteiger partial charge on any atom is -0.443 e.